The molecule has 0 N–H and O–H groups in total. The van der Waals surface area contributed by atoms with Gasteiger partial charge in [-0.1, -0.05) is 41.9 Å². The average Bonchev–Trinajstić information content (AvgIpc) is 3.14. The van der Waals surface area contributed by atoms with Crippen LogP contribution in [0.2, 0.25) is 5.02 Å². The Balaban J connectivity index is 1.87. The van der Waals surface area contributed by atoms with Crippen molar-refractivity contribution in [2.45, 2.75) is 45.3 Å². The van der Waals surface area contributed by atoms with Crippen molar-refractivity contribution in [3.05, 3.63) is 64.7 Å². The third-order valence-electron chi connectivity index (χ3n) is 5.27. The number of rotatable bonds is 6. The number of para-hydroxylation sites is 1. The summed E-state index contributed by atoms with van der Waals surface area (Å²) in [6, 6.07) is 13.9. The van der Waals surface area contributed by atoms with Gasteiger partial charge in [0.05, 0.1) is 12.8 Å². The number of methoxy groups -OCH3 is 1. The Morgan fingerprint density at radius 3 is 2.52 bits per heavy atom. The largest absolute Gasteiger partial charge is 0.468 e. The number of ether oxygens (including phenoxy) is 2. The molecular weight excluding hydrogens is 444 g/mol. The first-order valence-electron chi connectivity index (χ1n) is 10.8. The Morgan fingerprint density at radius 2 is 1.85 bits per heavy atom. The lowest BCUT2D eigenvalue weighted by atomic mass is 10.1. The van der Waals surface area contributed by atoms with Crippen molar-refractivity contribution in [2.24, 2.45) is 0 Å². The first-order valence-corrected chi connectivity index (χ1v) is 11.2. The maximum Gasteiger partial charge on any atom is 0.415 e. The van der Waals surface area contributed by atoms with Crippen LogP contribution in [0.1, 0.15) is 31.9 Å². The van der Waals surface area contributed by atoms with Gasteiger partial charge in [0.25, 0.3) is 0 Å². The fraction of sp³-hybridized carbons (Fsp3) is 0.400. The summed E-state index contributed by atoms with van der Waals surface area (Å²) in [7, 11) is 1.28. The Bertz CT molecular complexity index is 1030. The average molecular weight is 473 g/mol. The van der Waals surface area contributed by atoms with E-state index in [0.717, 1.165) is 11.1 Å². The number of nitrogens with zero attached hydrogens (tertiary/aromatic N) is 2. The van der Waals surface area contributed by atoms with Crippen molar-refractivity contribution in [3.63, 3.8) is 0 Å². The summed E-state index contributed by atoms with van der Waals surface area (Å²) in [5, 5.41) is 0.598. The zero-order valence-electron chi connectivity index (χ0n) is 19.3. The van der Waals surface area contributed by atoms with Crippen molar-refractivity contribution < 1.29 is 23.9 Å². The molecule has 8 heteroatoms. The zero-order chi connectivity index (χ0) is 24.2. The Kier molecular flexibility index (Phi) is 7.64. The summed E-state index contributed by atoms with van der Waals surface area (Å²) < 4.78 is 10.4. The van der Waals surface area contributed by atoms with Gasteiger partial charge in [0, 0.05) is 18.0 Å². The minimum Gasteiger partial charge on any atom is -0.468 e. The molecule has 0 radical (unpaired) electrons. The molecule has 2 aromatic rings. The van der Waals surface area contributed by atoms with Crippen LogP contribution in [0.15, 0.2) is 48.5 Å². The Labute approximate surface area is 199 Å². The van der Waals surface area contributed by atoms with E-state index in [1.807, 2.05) is 36.4 Å². The van der Waals surface area contributed by atoms with Gasteiger partial charge in [-0.2, -0.15) is 0 Å². The van der Waals surface area contributed by atoms with Gasteiger partial charge < -0.3 is 14.4 Å². The van der Waals surface area contributed by atoms with E-state index in [4.69, 9.17) is 21.1 Å². The number of benzene rings is 2. The van der Waals surface area contributed by atoms with Crippen LogP contribution >= 0.6 is 11.6 Å². The van der Waals surface area contributed by atoms with Crippen LogP contribution in [-0.4, -0.2) is 54.7 Å². The molecular formula is C25H29ClN2O5. The van der Waals surface area contributed by atoms with Crippen LogP contribution in [0, 0.1) is 0 Å². The number of fused-ring (bicyclic) bond motifs is 1. The second kappa shape index (κ2) is 10.3. The first kappa shape index (κ1) is 24.6. The van der Waals surface area contributed by atoms with Gasteiger partial charge in [-0.3, -0.25) is 14.5 Å². The topological polar surface area (TPSA) is 76.2 Å². The lowest BCUT2D eigenvalue weighted by Crippen LogP contribution is -2.52. The molecule has 0 fully saturated rings. The lowest BCUT2D eigenvalue weighted by Gasteiger charge is -2.31. The van der Waals surface area contributed by atoms with Crippen molar-refractivity contribution in [1.29, 1.82) is 0 Å². The summed E-state index contributed by atoms with van der Waals surface area (Å²) in [5.41, 5.74) is 1.72. The molecule has 0 bridgehead atoms. The van der Waals surface area contributed by atoms with Gasteiger partial charge >= 0.3 is 12.1 Å². The van der Waals surface area contributed by atoms with Crippen molar-refractivity contribution >= 4 is 35.3 Å². The van der Waals surface area contributed by atoms with Gasteiger partial charge in [-0.15, -0.1) is 0 Å². The van der Waals surface area contributed by atoms with Crippen LogP contribution in [0.5, 0.6) is 0 Å². The van der Waals surface area contributed by atoms with E-state index in [0.29, 0.717) is 23.6 Å². The number of halogens is 1. The molecule has 2 amide bonds. The summed E-state index contributed by atoms with van der Waals surface area (Å²) in [5.74, 6) is -0.877. The number of hydrogen-bond donors (Lipinski definition) is 0. The smallest absolute Gasteiger partial charge is 0.415 e. The Hall–Kier alpha value is -3.06. The van der Waals surface area contributed by atoms with Crippen molar-refractivity contribution in [3.8, 4) is 0 Å². The van der Waals surface area contributed by atoms with Crippen LogP contribution in [0.3, 0.4) is 0 Å². The summed E-state index contributed by atoms with van der Waals surface area (Å²) in [6.45, 7) is 5.38. The molecule has 0 saturated carbocycles. The first-order chi connectivity index (χ1) is 15.6. The molecule has 0 spiro atoms. The van der Waals surface area contributed by atoms with E-state index in [1.165, 1.54) is 16.9 Å². The molecule has 1 aliphatic heterocycles. The molecule has 0 saturated heterocycles. The van der Waals surface area contributed by atoms with Gasteiger partial charge in [0.2, 0.25) is 5.91 Å². The molecule has 2 aromatic carbocycles. The highest BCUT2D eigenvalue weighted by Gasteiger charge is 2.42. The van der Waals surface area contributed by atoms with E-state index >= 15 is 0 Å². The van der Waals surface area contributed by atoms with E-state index in [9.17, 15) is 14.4 Å². The molecule has 1 aliphatic rings. The summed E-state index contributed by atoms with van der Waals surface area (Å²) in [6.07, 6.45) is 0.233. The fourth-order valence-electron chi connectivity index (χ4n) is 3.78. The van der Waals surface area contributed by atoms with Crippen LogP contribution in [-0.2, 0) is 31.9 Å². The maximum absolute atomic E-state index is 13.7. The van der Waals surface area contributed by atoms with Gasteiger partial charge in [0.15, 0.2) is 0 Å². The molecule has 0 unspecified atom stereocenters. The van der Waals surface area contributed by atoms with Crippen LogP contribution in [0.25, 0.3) is 0 Å². The maximum atomic E-state index is 13.7. The second-order valence-corrected chi connectivity index (χ2v) is 9.35. The number of hydrogen-bond acceptors (Lipinski definition) is 5. The molecule has 1 atom stereocenters. The van der Waals surface area contributed by atoms with E-state index in [1.54, 1.807) is 32.9 Å². The third-order valence-corrected chi connectivity index (χ3v) is 5.51. The molecule has 7 nitrogen and oxygen atoms in total. The van der Waals surface area contributed by atoms with Gasteiger partial charge in [-0.05, 0) is 56.5 Å². The summed E-state index contributed by atoms with van der Waals surface area (Å²) in [4.78, 5) is 41.7. The standard InChI is InChI=1S/C25H29ClN2O5/c1-25(2,3)33-24(31)28-20-11-6-5-9-18(20)15-21(28)23(30)27(16-22(29)32-4)13-12-17-8-7-10-19(26)14-17/h5-11,14,21H,12-13,15-16H2,1-4H3/t21-/m1/s1. The van der Waals surface area contributed by atoms with Gasteiger partial charge in [-0.25, -0.2) is 4.79 Å². The van der Waals surface area contributed by atoms with Crippen LogP contribution in [0.4, 0.5) is 10.5 Å². The van der Waals surface area contributed by atoms with E-state index < -0.39 is 23.7 Å². The molecule has 176 valence electrons. The highest BCUT2D eigenvalue weighted by Crippen LogP contribution is 2.34. The fourth-order valence-corrected chi connectivity index (χ4v) is 3.99. The van der Waals surface area contributed by atoms with Crippen molar-refractivity contribution in [1.82, 2.24) is 4.90 Å². The van der Waals surface area contributed by atoms with E-state index in [2.05, 4.69) is 0 Å². The number of anilines is 1. The number of esters is 1. The molecule has 0 aromatic heterocycles. The second-order valence-electron chi connectivity index (χ2n) is 8.91. The monoisotopic (exact) mass is 472 g/mol. The van der Waals surface area contributed by atoms with Gasteiger partial charge in [0.1, 0.15) is 18.2 Å². The number of carbonyl (C=O) groups is 3. The number of amides is 2. The zero-order valence-corrected chi connectivity index (χ0v) is 20.1. The predicted octanol–water partition coefficient (Wildman–Crippen LogP) is 4.25. The highest BCUT2D eigenvalue weighted by molar-refractivity contribution is 6.30. The summed E-state index contributed by atoms with van der Waals surface area (Å²) >= 11 is 6.08. The predicted molar refractivity (Wildman–Crippen MR) is 126 cm³/mol. The normalized spacial score (nSPS) is 15.1. The Morgan fingerprint density at radius 1 is 1.12 bits per heavy atom. The minimum absolute atomic E-state index is 0.217. The third kappa shape index (κ3) is 6.26. The minimum atomic E-state index is -0.818. The lowest BCUT2D eigenvalue weighted by molar-refractivity contribution is -0.147. The molecule has 0 aliphatic carbocycles. The van der Waals surface area contributed by atoms with E-state index in [-0.39, 0.29) is 19.0 Å². The highest BCUT2D eigenvalue weighted by atomic mass is 35.5. The SMILES string of the molecule is COC(=O)CN(CCc1cccc(Cl)c1)C(=O)[C@H]1Cc2ccccc2N1C(=O)OC(C)(C)C. The van der Waals surface area contributed by atoms with Crippen molar-refractivity contribution in [2.75, 3.05) is 25.1 Å². The molecule has 3 rings (SSSR count). The number of carbonyl (C=O) groups excluding carboxylic acids is 3. The van der Waals surface area contributed by atoms with Crippen LogP contribution < -0.4 is 4.90 Å². The quantitative estimate of drug-likeness (QED) is 0.587. The molecule has 1 heterocycles. The molecule has 33 heavy (non-hydrogen) atoms.